The maximum absolute atomic E-state index is 11.9. The highest BCUT2D eigenvalue weighted by atomic mass is 32.1. The Bertz CT molecular complexity index is 750. The molecule has 1 amide bonds. The van der Waals surface area contributed by atoms with Crippen LogP contribution in [0.3, 0.4) is 0 Å². The number of carbonyl (C=O) groups is 2. The molecule has 1 aromatic heterocycles. The normalized spacial score (nSPS) is 12.5. The molecular weight excluding hydrogens is 340 g/mol. The number of nitriles is 1. The lowest BCUT2D eigenvalue weighted by molar-refractivity contribution is -0.154. The number of benzene rings is 1. The highest BCUT2D eigenvalue weighted by Crippen LogP contribution is 2.18. The SMILES string of the molecule is C[C@H](Oc1ccc(C#N)cc1)C(=O)OCC(=O)N[C@@H](C)c1cccs1. The molecule has 0 aliphatic carbocycles. The number of ether oxygens (including phenoxy) is 2. The Kier molecular flexibility index (Phi) is 6.54. The van der Waals surface area contributed by atoms with Gasteiger partial charge in [0.05, 0.1) is 17.7 Å². The second kappa shape index (κ2) is 8.85. The number of nitrogens with one attached hydrogen (secondary N) is 1. The summed E-state index contributed by atoms with van der Waals surface area (Å²) in [6.45, 7) is 3.03. The molecule has 0 saturated heterocycles. The number of hydrogen-bond acceptors (Lipinski definition) is 6. The Labute approximate surface area is 150 Å². The molecule has 0 unspecified atom stereocenters. The van der Waals surface area contributed by atoms with E-state index < -0.39 is 12.1 Å². The molecular formula is C18H18N2O4S. The van der Waals surface area contributed by atoms with E-state index in [2.05, 4.69) is 5.32 Å². The van der Waals surface area contributed by atoms with Gasteiger partial charge in [-0.2, -0.15) is 5.26 Å². The molecule has 0 aliphatic rings. The molecule has 0 fully saturated rings. The minimum atomic E-state index is -0.865. The summed E-state index contributed by atoms with van der Waals surface area (Å²) >= 11 is 1.54. The Morgan fingerprint density at radius 2 is 1.96 bits per heavy atom. The molecule has 1 heterocycles. The fourth-order valence-corrected chi connectivity index (χ4v) is 2.74. The second-order valence-corrected chi connectivity index (χ2v) is 6.29. The van der Waals surface area contributed by atoms with E-state index in [1.54, 1.807) is 35.6 Å². The van der Waals surface area contributed by atoms with E-state index in [1.807, 2.05) is 30.5 Å². The minimum absolute atomic E-state index is 0.140. The van der Waals surface area contributed by atoms with Crippen molar-refractivity contribution in [2.24, 2.45) is 0 Å². The third-order valence-corrected chi connectivity index (χ3v) is 4.38. The number of rotatable bonds is 7. The molecule has 0 saturated carbocycles. The minimum Gasteiger partial charge on any atom is -0.479 e. The zero-order valence-corrected chi connectivity index (χ0v) is 14.7. The van der Waals surface area contributed by atoms with E-state index in [0.717, 1.165) is 4.88 Å². The Hall–Kier alpha value is -2.85. The van der Waals surface area contributed by atoms with Gasteiger partial charge in [0.1, 0.15) is 5.75 Å². The van der Waals surface area contributed by atoms with Gasteiger partial charge in [-0.1, -0.05) is 6.07 Å². The lowest BCUT2D eigenvalue weighted by Gasteiger charge is -2.15. The summed E-state index contributed by atoms with van der Waals surface area (Å²) in [4.78, 5) is 24.8. The number of thiophene rings is 1. The molecule has 2 atom stereocenters. The van der Waals surface area contributed by atoms with Crippen molar-refractivity contribution in [3.05, 3.63) is 52.2 Å². The Balaban J connectivity index is 1.76. The molecule has 2 rings (SSSR count). The first-order valence-electron chi connectivity index (χ1n) is 7.66. The summed E-state index contributed by atoms with van der Waals surface area (Å²) in [6, 6.07) is 12.1. The van der Waals surface area contributed by atoms with Gasteiger partial charge < -0.3 is 14.8 Å². The predicted molar refractivity (Wildman–Crippen MR) is 93.1 cm³/mol. The quantitative estimate of drug-likeness (QED) is 0.769. The molecule has 0 bridgehead atoms. The van der Waals surface area contributed by atoms with Crippen molar-refractivity contribution in [2.45, 2.75) is 26.0 Å². The van der Waals surface area contributed by atoms with Gasteiger partial charge in [-0.25, -0.2) is 4.79 Å². The summed E-state index contributed by atoms with van der Waals surface area (Å²) in [5.74, 6) is -0.567. The first-order chi connectivity index (χ1) is 12.0. The second-order valence-electron chi connectivity index (χ2n) is 5.31. The zero-order chi connectivity index (χ0) is 18.2. The van der Waals surface area contributed by atoms with Gasteiger partial charge in [-0.15, -0.1) is 11.3 Å². The van der Waals surface area contributed by atoms with Crippen molar-refractivity contribution >= 4 is 23.2 Å². The first kappa shape index (κ1) is 18.5. The Morgan fingerprint density at radius 1 is 1.24 bits per heavy atom. The third kappa shape index (κ3) is 5.62. The van der Waals surface area contributed by atoms with E-state index in [1.165, 1.54) is 6.92 Å². The van der Waals surface area contributed by atoms with Gasteiger partial charge in [0.25, 0.3) is 5.91 Å². The van der Waals surface area contributed by atoms with Crippen LogP contribution >= 0.6 is 11.3 Å². The van der Waals surface area contributed by atoms with Crippen molar-refractivity contribution in [1.29, 1.82) is 5.26 Å². The monoisotopic (exact) mass is 358 g/mol. The number of nitrogens with zero attached hydrogens (tertiary/aromatic N) is 1. The van der Waals surface area contributed by atoms with Crippen LogP contribution < -0.4 is 10.1 Å². The maximum Gasteiger partial charge on any atom is 0.347 e. The number of carbonyl (C=O) groups excluding carboxylic acids is 2. The van der Waals surface area contributed by atoms with Crippen molar-refractivity contribution in [2.75, 3.05) is 6.61 Å². The lowest BCUT2D eigenvalue weighted by atomic mass is 10.2. The van der Waals surface area contributed by atoms with Gasteiger partial charge >= 0.3 is 5.97 Å². The number of amides is 1. The van der Waals surface area contributed by atoms with Gasteiger partial charge in [0, 0.05) is 4.88 Å². The standard InChI is InChI=1S/C18H18N2O4S/c1-12(16-4-3-9-25-16)20-17(21)11-23-18(22)13(2)24-15-7-5-14(10-19)6-8-15/h3-9,12-13H,11H2,1-2H3,(H,20,21)/t12-,13-/m0/s1. The van der Waals surface area contributed by atoms with E-state index in [-0.39, 0.29) is 18.6 Å². The van der Waals surface area contributed by atoms with E-state index >= 15 is 0 Å². The average molecular weight is 358 g/mol. The summed E-state index contributed by atoms with van der Waals surface area (Å²) in [6.07, 6.45) is -0.865. The maximum atomic E-state index is 11.9. The van der Waals surface area contributed by atoms with Crippen LogP contribution in [-0.4, -0.2) is 24.6 Å². The molecule has 6 nitrogen and oxygen atoms in total. The smallest absolute Gasteiger partial charge is 0.347 e. The van der Waals surface area contributed by atoms with Crippen molar-refractivity contribution in [3.8, 4) is 11.8 Å². The summed E-state index contributed by atoms with van der Waals surface area (Å²) < 4.78 is 10.4. The fraction of sp³-hybridized carbons (Fsp3) is 0.278. The van der Waals surface area contributed by atoms with Crippen LogP contribution in [0.1, 0.15) is 30.3 Å². The van der Waals surface area contributed by atoms with Gasteiger partial charge in [-0.05, 0) is 49.6 Å². The molecule has 0 radical (unpaired) electrons. The van der Waals surface area contributed by atoms with Gasteiger partial charge in [-0.3, -0.25) is 4.79 Å². The van der Waals surface area contributed by atoms with Crippen molar-refractivity contribution in [1.82, 2.24) is 5.32 Å². The highest BCUT2D eigenvalue weighted by molar-refractivity contribution is 7.10. The van der Waals surface area contributed by atoms with Gasteiger partial charge in [0.2, 0.25) is 0 Å². The van der Waals surface area contributed by atoms with E-state index in [0.29, 0.717) is 11.3 Å². The van der Waals surface area contributed by atoms with Crippen LogP contribution in [0.25, 0.3) is 0 Å². The Morgan fingerprint density at radius 3 is 2.56 bits per heavy atom. The first-order valence-corrected chi connectivity index (χ1v) is 8.53. The van der Waals surface area contributed by atoms with E-state index in [9.17, 15) is 9.59 Å². The zero-order valence-electron chi connectivity index (χ0n) is 13.9. The van der Waals surface area contributed by atoms with Crippen molar-refractivity contribution < 1.29 is 19.1 Å². The summed E-state index contributed by atoms with van der Waals surface area (Å²) in [5, 5.41) is 13.4. The molecule has 130 valence electrons. The highest BCUT2D eigenvalue weighted by Gasteiger charge is 2.18. The lowest BCUT2D eigenvalue weighted by Crippen LogP contribution is -2.33. The van der Waals surface area contributed by atoms with Crippen LogP contribution in [-0.2, 0) is 14.3 Å². The molecule has 0 spiro atoms. The molecule has 1 N–H and O–H groups in total. The fourth-order valence-electron chi connectivity index (χ4n) is 2.01. The van der Waals surface area contributed by atoms with Crippen LogP contribution in [0, 0.1) is 11.3 Å². The topological polar surface area (TPSA) is 88.4 Å². The molecule has 7 heteroatoms. The van der Waals surface area contributed by atoms with Crippen LogP contribution in [0.2, 0.25) is 0 Å². The number of hydrogen-bond donors (Lipinski definition) is 1. The third-order valence-electron chi connectivity index (χ3n) is 3.32. The molecule has 25 heavy (non-hydrogen) atoms. The summed E-state index contributed by atoms with van der Waals surface area (Å²) in [5.41, 5.74) is 0.499. The number of esters is 1. The molecule has 1 aromatic carbocycles. The summed E-state index contributed by atoms with van der Waals surface area (Å²) in [7, 11) is 0. The predicted octanol–water partition coefficient (Wildman–Crippen LogP) is 2.81. The van der Waals surface area contributed by atoms with Crippen LogP contribution in [0.5, 0.6) is 5.75 Å². The van der Waals surface area contributed by atoms with Crippen LogP contribution in [0.4, 0.5) is 0 Å². The van der Waals surface area contributed by atoms with Gasteiger partial charge in [0.15, 0.2) is 12.7 Å². The van der Waals surface area contributed by atoms with Crippen molar-refractivity contribution in [3.63, 3.8) is 0 Å². The molecule has 0 aliphatic heterocycles. The van der Waals surface area contributed by atoms with E-state index in [4.69, 9.17) is 14.7 Å². The largest absolute Gasteiger partial charge is 0.479 e. The average Bonchev–Trinajstić information content (AvgIpc) is 3.15. The van der Waals surface area contributed by atoms with Crippen LogP contribution in [0.15, 0.2) is 41.8 Å². The molecule has 2 aromatic rings.